The first-order valence-corrected chi connectivity index (χ1v) is 7.34. The number of likely N-dealkylation sites (N-methyl/N-ethyl adjacent to an activating group) is 1. The molecule has 1 fully saturated rings. The van der Waals surface area contributed by atoms with Crippen LogP contribution in [0.25, 0.3) is 0 Å². The van der Waals surface area contributed by atoms with Crippen LogP contribution in [0.3, 0.4) is 0 Å². The molecule has 0 aromatic rings. The number of nitrogens with two attached hydrogens (primary N) is 1. The molecule has 0 radical (unpaired) electrons. The summed E-state index contributed by atoms with van der Waals surface area (Å²) >= 11 is 0. The van der Waals surface area contributed by atoms with Gasteiger partial charge in [-0.15, -0.1) is 0 Å². The number of hydrogen-bond donors (Lipinski definition) is 1. The van der Waals surface area contributed by atoms with Crippen LogP contribution in [0.5, 0.6) is 0 Å². The molecule has 0 spiro atoms. The Kier molecular flexibility index (Phi) is 5.03. The second kappa shape index (κ2) is 5.71. The fourth-order valence-electron chi connectivity index (χ4n) is 3.38. The fourth-order valence-corrected chi connectivity index (χ4v) is 3.38. The Labute approximate surface area is 108 Å². The van der Waals surface area contributed by atoms with Crippen LogP contribution in [0.4, 0.5) is 0 Å². The largest absolute Gasteiger partial charge is 0.329 e. The van der Waals surface area contributed by atoms with Crippen molar-refractivity contribution in [3.8, 4) is 0 Å². The Balaban J connectivity index is 2.77. The van der Waals surface area contributed by atoms with Crippen LogP contribution in [0.1, 0.15) is 60.3 Å². The molecule has 0 aliphatic heterocycles. The molecule has 0 amide bonds. The van der Waals surface area contributed by atoms with Crippen molar-refractivity contribution in [1.82, 2.24) is 4.90 Å². The summed E-state index contributed by atoms with van der Waals surface area (Å²) in [7, 11) is 0. The van der Waals surface area contributed by atoms with Gasteiger partial charge in [-0.1, -0.05) is 41.0 Å². The summed E-state index contributed by atoms with van der Waals surface area (Å²) in [6.07, 6.45) is 5.13. The van der Waals surface area contributed by atoms with E-state index >= 15 is 0 Å². The van der Waals surface area contributed by atoms with E-state index in [9.17, 15) is 0 Å². The van der Waals surface area contributed by atoms with Gasteiger partial charge in [-0.2, -0.15) is 0 Å². The molecular weight excluding hydrogens is 208 g/mol. The SMILES string of the molecule is CCC(C)CN(CC)C1(CN)CCC(C)(C)C1. The minimum absolute atomic E-state index is 0.279. The van der Waals surface area contributed by atoms with Crippen molar-refractivity contribution < 1.29 is 0 Å². The lowest BCUT2D eigenvalue weighted by Crippen LogP contribution is -2.53. The third kappa shape index (κ3) is 3.45. The van der Waals surface area contributed by atoms with E-state index in [1.54, 1.807) is 0 Å². The zero-order valence-corrected chi connectivity index (χ0v) is 12.6. The fraction of sp³-hybridized carbons (Fsp3) is 1.00. The van der Waals surface area contributed by atoms with Gasteiger partial charge < -0.3 is 5.73 Å². The smallest absolute Gasteiger partial charge is 0.0337 e. The van der Waals surface area contributed by atoms with E-state index in [1.807, 2.05) is 0 Å². The molecule has 0 aromatic heterocycles. The summed E-state index contributed by atoms with van der Waals surface area (Å²) in [5.74, 6) is 0.780. The first-order chi connectivity index (χ1) is 7.89. The highest BCUT2D eigenvalue weighted by Gasteiger charge is 2.45. The normalized spacial score (nSPS) is 29.8. The summed E-state index contributed by atoms with van der Waals surface area (Å²) in [5.41, 5.74) is 6.90. The summed E-state index contributed by atoms with van der Waals surface area (Å²) in [6.45, 7) is 14.9. The van der Waals surface area contributed by atoms with Crippen molar-refractivity contribution in [3.63, 3.8) is 0 Å². The topological polar surface area (TPSA) is 29.3 Å². The standard InChI is InChI=1S/C15H32N2/c1-6-13(3)10-17(7-2)15(12-16)9-8-14(4,5)11-15/h13H,6-12,16H2,1-5H3. The van der Waals surface area contributed by atoms with Gasteiger partial charge in [0, 0.05) is 18.6 Å². The van der Waals surface area contributed by atoms with E-state index < -0.39 is 0 Å². The Morgan fingerprint density at radius 3 is 2.24 bits per heavy atom. The Morgan fingerprint density at radius 2 is 1.88 bits per heavy atom. The maximum atomic E-state index is 6.14. The Hall–Kier alpha value is -0.0800. The van der Waals surface area contributed by atoms with Gasteiger partial charge in [0.15, 0.2) is 0 Å². The van der Waals surface area contributed by atoms with E-state index in [2.05, 4.69) is 39.5 Å². The first-order valence-electron chi connectivity index (χ1n) is 7.34. The molecule has 0 bridgehead atoms. The van der Waals surface area contributed by atoms with Crippen LogP contribution in [0, 0.1) is 11.3 Å². The van der Waals surface area contributed by atoms with Gasteiger partial charge in [0.1, 0.15) is 0 Å². The van der Waals surface area contributed by atoms with Gasteiger partial charge in [0.2, 0.25) is 0 Å². The molecule has 2 unspecified atom stereocenters. The zero-order chi connectivity index (χ0) is 13.1. The minimum Gasteiger partial charge on any atom is -0.329 e. The van der Waals surface area contributed by atoms with E-state index in [4.69, 9.17) is 5.73 Å². The second-order valence-electron chi connectivity index (χ2n) is 6.82. The first kappa shape index (κ1) is 15.0. The molecule has 17 heavy (non-hydrogen) atoms. The lowest BCUT2D eigenvalue weighted by Gasteiger charge is -2.42. The van der Waals surface area contributed by atoms with Gasteiger partial charge in [-0.3, -0.25) is 4.90 Å². The number of nitrogens with zero attached hydrogens (tertiary/aromatic N) is 1. The van der Waals surface area contributed by atoms with Gasteiger partial charge in [0.05, 0.1) is 0 Å². The average molecular weight is 240 g/mol. The Bertz CT molecular complexity index is 237. The van der Waals surface area contributed by atoms with Gasteiger partial charge in [-0.05, 0) is 37.1 Å². The Morgan fingerprint density at radius 1 is 1.24 bits per heavy atom. The predicted octanol–water partition coefficient (Wildman–Crippen LogP) is 3.26. The molecule has 1 rings (SSSR count). The molecular formula is C15H32N2. The highest BCUT2D eigenvalue weighted by Crippen LogP contribution is 2.46. The highest BCUT2D eigenvalue weighted by atomic mass is 15.2. The summed E-state index contributed by atoms with van der Waals surface area (Å²) in [6, 6.07) is 0. The van der Waals surface area contributed by atoms with E-state index in [1.165, 1.54) is 32.2 Å². The van der Waals surface area contributed by atoms with Crippen molar-refractivity contribution in [3.05, 3.63) is 0 Å². The molecule has 102 valence electrons. The quantitative estimate of drug-likeness (QED) is 0.772. The van der Waals surface area contributed by atoms with Crippen LogP contribution in [0.15, 0.2) is 0 Å². The molecule has 0 saturated heterocycles. The molecule has 2 atom stereocenters. The second-order valence-corrected chi connectivity index (χ2v) is 6.82. The molecule has 2 N–H and O–H groups in total. The van der Waals surface area contributed by atoms with E-state index in [-0.39, 0.29) is 5.54 Å². The lowest BCUT2D eigenvalue weighted by molar-refractivity contribution is 0.0785. The monoisotopic (exact) mass is 240 g/mol. The molecule has 0 aromatic carbocycles. The molecule has 2 heteroatoms. The molecule has 2 nitrogen and oxygen atoms in total. The highest BCUT2D eigenvalue weighted by molar-refractivity contribution is 5.02. The molecule has 1 saturated carbocycles. The third-order valence-electron chi connectivity index (χ3n) is 4.74. The zero-order valence-electron chi connectivity index (χ0n) is 12.6. The van der Waals surface area contributed by atoms with Crippen LogP contribution in [-0.4, -0.2) is 30.1 Å². The predicted molar refractivity (Wildman–Crippen MR) is 76.1 cm³/mol. The summed E-state index contributed by atoms with van der Waals surface area (Å²) in [4.78, 5) is 2.66. The van der Waals surface area contributed by atoms with E-state index in [0.717, 1.165) is 19.0 Å². The number of hydrogen-bond acceptors (Lipinski definition) is 2. The van der Waals surface area contributed by atoms with Crippen molar-refractivity contribution in [1.29, 1.82) is 0 Å². The average Bonchev–Trinajstić information content (AvgIpc) is 2.62. The molecule has 0 heterocycles. The van der Waals surface area contributed by atoms with Crippen LogP contribution in [0.2, 0.25) is 0 Å². The van der Waals surface area contributed by atoms with Gasteiger partial charge in [-0.25, -0.2) is 0 Å². The summed E-state index contributed by atoms with van der Waals surface area (Å²) < 4.78 is 0. The van der Waals surface area contributed by atoms with Crippen LogP contribution < -0.4 is 5.73 Å². The van der Waals surface area contributed by atoms with Crippen molar-refractivity contribution in [2.45, 2.75) is 65.8 Å². The van der Waals surface area contributed by atoms with Gasteiger partial charge >= 0.3 is 0 Å². The maximum absolute atomic E-state index is 6.14. The number of rotatable bonds is 6. The third-order valence-corrected chi connectivity index (χ3v) is 4.74. The van der Waals surface area contributed by atoms with Gasteiger partial charge in [0.25, 0.3) is 0 Å². The maximum Gasteiger partial charge on any atom is 0.0337 e. The molecule has 1 aliphatic carbocycles. The summed E-state index contributed by atoms with van der Waals surface area (Å²) in [5, 5.41) is 0. The van der Waals surface area contributed by atoms with E-state index in [0.29, 0.717) is 5.41 Å². The van der Waals surface area contributed by atoms with Crippen LogP contribution >= 0.6 is 0 Å². The van der Waals surface area contributed by atoms with Crippen molar-refractivity contribution in [2.24, 2.45) is 17.1 Å². The van der Waals surface area contributed by atoms with Crippen LogP contribution in [-0.2, 0) is 0 Å². The minimum atomic E-state index is 0.279. The van der Waals surface area contributed by atoms with Crippen molar-refractivity contribution >= 4 is 0 Å². The van der Waals surface area contributed by atoms with Crippen molar-refractivity contribution in [2.75, 3.05) is 19.6 Å². The molecule has 1 aliphatic rings. The lowest BCUT2D eigenvalue weighted by atomic mass is 9.86.